The van der Waals surface area contributed by atoms with E-state index < -0.39 is 0 Å². The quantitative estimate of drug-likeness (QED) is 0.191. The maximum absolute atomic E-state index is 5.91. The highest BCUT2D eigenvalue weighted by molar-refractivity contribution is 7.22. The zero-order valence-corrected chi connectivity index (χ0v) is 23.6. The zero-order chi connectivity index (χ0) is 26.9. The number of nitrogens with zero attached hydrogens (tertiary/aromatic N) is 2. The lowest BCUT2D eigenvalue weighted by Gasteiger charge is -2.15. The summed E-state index contributed by atoms with van der Waals surface area (Å²) in [5, 5.41) is 1.85. The first-order valence-corrected chi connectivity index (χ1v) is 14.0. The summed E-state index contributed by atoms with van der Waals surface area (Å²) in [4.78, 5) is 9.97. The van der Waals surface area contributed by atoms with Crippen molar-refractivity contribution in [3.05, 3.63) is 83.9 Å². The number of hydrogen-bond acceptors (Lipinski definition) is 8. The topological polar surface area (TPSA) is 62.7 Å². The third-order valence-electron chi connectivity index (χ3n) is 6.66. The third kappa shape index (κ3) is 4.45. The van der Waals surface area contributed by atoms with Crippen LogP contribution in [0.5, 0.6) is 23.0 Å². The molecule has 0 bridgehead atoms. The lowest BCUT2D eigenvalue weighted by Crippen LogP contribution is -2.00. The molecule has 6 rings (SSSR count). The third-order valence-corrected chi connectivity index (χ3v) is 8.99. The monoisotopic (exact) mass is 554 g/mol. The largest absolute Gasteiger partial charge is 0.496 e. The van der Waals surface area contributed by atoms with E-state index in [0.29, 0.717) is 17.9 Å². The van der Waals surface area contributed by atoms with E-state index in [0.717, 1.165) is 64.2 Å². The van der Waals surface area contributed by atoms with E-state index in [-0.39, 0.29) is 0 Å². The fraction of sp³-hybridized carbons (Fsp3) is 0.161. The van der Waals surface area contributed by atoms with Crippen LogP contribution in [0.4, 0.5) is 0 Å². The van der Waals surface area contributed by atoms with Gasteiger partial charge in [0.2, 0.25) is 0 Å². The Kier molecular flexibility index (Phi) is 6.81. The number of hydrogen-bond donors (Lipinski definition) is 0. The first-order chi connectivity index (χ1) is 19.1. The van der Waals surface area contributed by atoms with Crippen LogP contribution in [0.25, 0.3) is 41.6 Å². The highest BCUT2D eigenvalue weighted by Crippen LogP contribution is 2.46. The van der Waals surface area contributed by atoms with Gasteiger partial charge in [0.1, 0.15) is 44.0 Å². The number of thiazole rings is 2. The average Bonchev–Trinajstić information content (AvgIpc) is 3.64. The van der Waals surface area contributed by atoms with E-state index >= 15 is 0 Å². The predicted molar refractivity (Wildman–Crippen MR) is 159 cm³/mol. The van der Waals surface area contributed by atoms with E-state index in [1.54, 1.807) is 51.1 Å². The summed E-state index contributed by atoms with van der Waals surface area (Å²) in [7, 11) is 6.69. The molecular weight excluding hydrogens is 528 g/mol. The minimum Gasteiger partial charge on any atom is -0.496 e. The van der Waals surface area contributed by atoms with Crippen molar-refractivity contribution in [2.45, 2.75) is 6.42 Å². The molecule has 0 aliphatic carbocycles. The number of ether oxygens (including phenoxy) is 4. The van der Waals surface area contributed by atoms with Gasteiger partial charge in [0.15, 0.2) is 0 Å². The Hall–Kier alpha value is -4.14. The van der Waals surface area contributed by atoms with Crippen LogP contribution in [-0.2, 0) is 6.42 Å². The standard InChI is InChI=1S/C31H26N2O4S2/c1-34-22-16-24(36-3)26-28(38-30(32-26)18-11-7-5-8-12-18)20(22)15-21-23(35-2)17-25(37-4)27-29(21)39-31(33-27)19-13-9-6-10-14-19/h5-14,16-17H,15H2,1-4H3. The Labute approximate surface area is 234 Å². The van der Waals surface area contributed by atoms with E-state index in [1.807, 2.05) is 48.5 Å². The Morgan fingerprint density at radius 3 is 1.28 bits per heavy atom. The molecule has 8 heteroatoms. The molecule has 0 saturated carbocycles. The first-order valence-electron chi connectivity index (χ1n) is 12.3. The van der Waals surface area contributed by atoms with Gasteiger partial charge in [0, 0.05) is 40.8 Å². The predicted octanol–water partition coefficient (Wildman–Crippen LogP) is 7.87. The van der Waals surface area contributed by atoms with Crippen molar-refractivity contribution < 1.29 is 18.9 Å². The van der Waals surface area contributed by atoms with Crippen molar-refractivity contribution in [3.63, 3.8) is 0 Å². The average molecular weight is 555 g/mol. The molecule has 0 aliphatic rings. The van der Waals surface area contributed by atoms with Gasteiger partial charge in [0.25, 0.3) is 0 Å². The molecule has 0 saturated heterocycles. The van der Waals surface area contributed by atoms with Crippen LogP contribution in [0.2, 0.25) is 0 Å². The summed E-state index contributed by atoms with van der Waals surface area (Å²) in [6.07, 6.45) is 0.556. The highest BCUT2D eigenvalue weighted by atomic mass is 32.1. The second-order valence-corrected chi connectivity index (χ2v) is 10.8. The summed E-state index contributed by atoms with van der Waals surface area (Å²) >= 11 is 3.27. The number of benzene rings is 4. The number of methoxy groups -OCH3 is 4. The van der Waals surface area contributed by atoms with Gasteiger partial charge in [-0.25, -0.2) is 9.97 Å². The fourth-order valence-corrected chi connectivity index (χ4v) is 7.00. The first kappa shape index (κ1) is 25.2. The van der Waals surface area contributed by atoms with Crippen LogP contribution in [-0.4, -0.2) is 38.4 Å². The maximum Gasteiger partial charge on any atom is 0.149 e. The zero-order valence-electron chi connectivity index (χ0n) is 22.0. The lowest BCUT2D eigenvalue weighted by atomic mass is 10.0. The van der Waals surface area contributed by atoms with Crippen LogP contribution in [0.1, 0.15) is 11.1 Å². The maximum atomic E-state index is 5.91. The molecule has 6 nitrogen and oxygen atoms in total. The highest BCUT2D eigenvalue weighted by Gasteiger charge is 2.24. The minimum atomic E-state index is 0.556. The molecule has 39 heavy (non-hydrogen) atoms. The van der Waals surface area contributed by atoms with Gasteiger partial charge < -0.3 is 18.9 Å². The molecule has 0 amide bonds. The molecule has 2 aromatic heterocycles. The van der Waals surface area contributed by atoms with Crippen LogP contribution < -0.4 is 18.9 Å². The molecule has 4 aromatic carbocycles. The molecule has 0 unspecified atom stereocenters. The molecule has 6 aromatic rings. The van der Waals surface area contributed by atoms with Crippen molar-refractivity contribution in [2.24, 2.45) is 0 Å². The molecule has 0 spiro atoms. The van der Waals surface area contributed by atoms with Gasteiger partial charge in [0.05, 0.1) is 37.8 Å². The molecule has 0 aliphatic heterocycles. The smallest absolute Gasteiger partial charge is 0.149 e. The molecule has 0 radical (unpaired) electrons. The Bertz CT molecular complexity index is 1650. The normalized spacial score (nSPS) is 11.2. The van der Waals surface area contributed by atoms with Gasteiger partial charge in [-0.1, -0.05) is 60.7 Å². The van der Waals surface area contributed by atoms with E-state index in [4.69, 9.17) is 28.9 Å². The van der Waals surface area contributed by atoms with Crippen molar-refractivity contribution in [3.8, 4) is 44.1 Å². The van der Waals surface area contributed by atoms with E-state index in [9.17, 15) is 0 Å². The van der Waals surface area contributed by atoms with Crippen molar-refractivity contribution in [1.82, 2.24) is 9.97 Å². The Balaban J connectivity index is 1.58. The second-order valence-electron chi connectivity index (χ2n) is 8.82. The Morgan fingerprint density at radius 2 is 0.923 bits per heavy atom. The van der Waals surface area contributed by atoms with Gasteiger partial charge >= 0.3 is 0 Å². The van der Waals surface area contributed by atoms with Gasteiger partial charge in [-0.2, -0.15) is 0 Å². The second kappa shape index (κ2) is 10.6. The molecule has 0 atom stereocenters. The van der Waals surface area contributed by atoms with Crippen LogP contribution in [0.15, 0.2) is 72.8 Å². The molecule has 0 N–H and O–H groups in total. The van der Waals surface area contributed by atoms with Crippen molar-refractivity contribution >= 4 is 43.1 Å². The molecule has 0 fully saturated rings. The summed E-state index contributed by atoms with van der Waals surface area (Å²) in [5.74, 6) is 2.84. The van der Waals surface area contributed by atoms with Gasteiger partial charge in [-0.15, -0.1) is 22.7 Å². The van der Waals surface area contributed by atoms with Crippen LogP contribution in [0, 0.1) is 0 Å². The summed E-state index contributed by atoms with van der Waals surface area (Å²) < 4.78 is 25.3. The minimum absolute atomic E-state index is 0.556. The molecule has 2 heterocycles. The molecular formula is C31H26N2O4S2. The van der Waals surface area contributed by atoms with Crippen molar-refractivity contribution in [2.75, 3.05) is 28.4 Å². The number of fused-ring (bicyclic) bond motifs is 2. The lowest BCUT2D eigenvalue weighted by molar-refractivity contribution is 0.391. The SMILES string of the molecule is COc1cc(OC)c2nc(-c3ccccc3)sc2c1Cc1c(OC)cc(OC)c2nc(-c3ccccc3)sc12. The van der Waals surface area contributed by atoms with Gasteiger partial charge in [-0.3, -0.25) is 0 Å². The summed E-state index contributed by atoms with van der Waals surface area (Å²) in [5.41, 5.74) is 5.79. The Morgan fingerprint density at radius 1 is 0.538 bits per heavy atom. The van der Waals surface area contributed by atoms with Crippen molar-refractivity contribution in [1.29, 1.82) is 0 Å². The van der Waals surface area contributed by atoms with E-state index in [1.165, 1.54) is 0 Å². The van der Waals surface area contributed by atoms with Gasteiger partial charge in [-0.05, 0) is 0 Å². The fourth-order valence-electron chi connectivity index (χ4n) is 4.75. The van der Waals surface area contributed by atoms with E-state index in [2.05, 4.69) is 24.3 Å². The van der Waals surface area contributed by atoms with Crippen LogP contribution in [0.3, 0.4) is 0 Å². The number of rotatable bonds is 8. The summed E-state index contributed by atoms with van der Waals surface area (Å²) in [6.45, 7) is 0. The van der Waals surface area contributed by atoms with Crippen LogP contribution >= 0.6 is 22.7 Å². The molecule has 196 valence electrons. The summed E-state index contributed by atoms with van der Waals surface area (Å²) in [6, 6.07) is 24.2. The number of aromatic nitrogens is 2.